The van der Waals surface area contributed by atoms with Gasteiger partial charge in [-0.25, -0.2) is 0 Å². The maximum atomic E-state index is 12.8. The molecule has 0 spiro atoms. The van der Waals surface area contributed by atoms with E-state index in [1.807, 2.05) is 26.0 Å². The van der Waals surface area contributed by atoms with E-state index in [9.17, 15) is 15.0 Å². The SMILES string of the molecule is CC1(C)C=Cc2cc(-c3coc4cc(O)ccc4c3=O)c(O)cc2O1. The minimum absolute atomic E-state index is 0.0185. The molecule has 0 atom stereocenters. The molecule has 4 rings (SSSR count). The largest absolute Gasteiger partial charge is 0.508 e. The standard InChI is InChI=1S/C20H16O5/c1-20(2)6-5-11-7-14(16(22)9-17(11)25-20)15-10-24-18-8-12(21)3-4-13(18)19(15)23/h3-10,21-22H,1-2H3. The van der Waals surface area contributed by atoms with E-state index in [4.69, 9.17) is 9.15 Å². The molecular formula is C20H16O5. The number of ether oxygens (including phenoxy) is 1. The van der Waals surface area contributed by atoms with Crippen LogP contribution in [0.2, 0.25) is 0 Å². The second-order valence-corrected chi connectivity index (χ2v) is 6.60. The van der Waals surface area contributed by atoms with Gasteiger partial charge in [-0.15, -0.1) is 0 Å². The summed E-state index contributed by atoms with van der Waals surface area (Å²) in [5, 5.41) is 20.2. The third kappa shape index (κ3) is 2.54. The van der Waals surface area contributed by atoms with Crippen molar-refractivity contribution in [1.82, 2.24) is 0 Å². The first-order valence-corrected chi connectivity index (χ1v) is 7.84. The molecule has 0 saturated carbocycles. The highest BCUT2D eigenvalue weighted by molar-refractivity contribution is 5.85. The number of phenols is 2. The monoisotopic (exact) mass is 336 g/mol. The second kappa shape index (κ2) is 5.14. The summed E-state index contributed by atoms with van der Waals surface area (Å²) in [6, 6.07) is 7.52. The molecule has 0 radical (unpaired) electrons. The highest BCUT2D eigenvalue weighted by atomic mass is 16.5. The van der Waals surface area contributed by atoms with E-state index in [1.165, 1.54) is 30.5 Å². The zero-order valence-corrected chi connectivity index (χ0v) is 13.7. The van der Waals surface area contributed by atoms with Crippen molar-refractivity contribution in [2.24, 2.45) is 0 Å². The summed E-state index contributed by atoms with van der Waals surface area (Å²) in [7, 11) is 0. The maximum absolute atomic E-state index is 12.8. The van der Waals surface area contributed by atoms with Crippen LogP contribution in [0.3, 0.4) is 0 Å². The Morgan fingerprint density at radius 1 is 1.04 bits per heavy atom. The lowest BCUT2D eigenvalue weighted by Crippen LogP contribution is -2.27. The number of rotatable bonds is 1. The Labute approximate surface area is 143 Å². The summed E-state index contributed by atoms with van der Waals surface area (Å²) in [6.07, 6.45) is 5.12. The Morgan fingerprint density at radius 3 is 2.64 bits per heavy atom. The summed E-state index contributed by atoms with van der Waals surface area (Å²) in [4.78, 5) is 12.8. The molecule has 0 aliphatic carbocycles. The van der Waals surface area contributed by atoms with Crippen molar-refractivity contribution in [2.75, 3.05) is 0 Å². The van der Waals surface area contributed by atoms with Crippen molar-refractivity contribution in [2.45, 2.75) is 19.4 Å². The fourth-order valence-electron chi connectivity index (χ4n) is 2.93. The fourth-order valence-corrected chi connectivity index (χ4v) is 2.93. The van der Waals surface area contributed by atoms with Crippen molar-refractivity contribution in [3.05, 3.63) is 58.5 Å². The first-order chi connectivity index (χ1) is 11.8. The van der Waals surface area contributed by atoms with Crippen molar-refractivity contribution >= 4 is 17.0 Å². The molecule has 5 heteroatoms. The summed E-state index contributed by atoms with van der Waals surface area (Å²) in [5.41, 5.74) is 0.948. The number of aromatic hydroxyl groups is 2. The van der Waals surface area contributed by atoms with Gasteiger partial charge in [0.1, 0.15) is 34.7 Å². The molecule has 0 saturated heterocycles. The molecule has 0 amide bonds. The van der Waals surface area contributed by atoms with E-state index in [0.29, 0.717) is 16.7 Å². The molecule has 1 aromatic heterocycles. The van der Waals surface area contributed by atoms with Gasteiger partial charge in [-0.05, 0) is 38.1 Å². The van der Waals surface area contributed by atoms with Crippen LogP contribution < -0.4 is 10.2 Å². The normalized spacial score (nSPS) is 15.0. The lowest BCUT2D eigenvalue weighted by molar-refractivity contribution is 0.158. The lowest BCUT2D eigenvalue weighted by Gasteiger charge is -2.28. The van der Waals surface area contributed by atoms with Crippen LogP contribution in [0.5, 0.6) is 17.2 Å². The zero-order valence-electron chi connectivity index (χ0n) is 13.7. The van der Waals surface area contributed by atoms with Crippen molar-refractivity contribution < 1.29 is 19.4 Å². The molecule has 1 aliphatic heterocycles. The van der Waals surface area contributed by atoms with Crippen LogP contribution in [-0.4, -0.2) is 15.8 Å². The molecule has 2 heterocycles. The molecule has 1 aliphatic rings. The van der Waals surface area contributed by atoms with Crippen LogP contribution in [0.15, 0.2) is 51.9 Å². The topological polar surface area (TPSA) is 79.9 Å². The first-order valence-electron chi connectivity index (χ1n) is 7.84. The van der Waals surface area contributed by atoms with Crippen LogP contribution in [0.1, 0.15) is 19.4 Å². The molecule has 0 bridgehead atoms. The zero-order chi connectivity index (χ0) is 17.8. The molecule has 2 N–H and O–H groups in total. The first kappa shape index (κ1) is 15.3. The van der Waals surface area contributed by atoms with Gasteiger partial charge in [-0.2, -0.15) is 0 Å². The smallest absolute Gasteiger partial charge is 0.200 e. The van der Waals surface area contributed by atoms with E-state index < -0.39 is 5.60 Å². The van der Waals surface area contributed by atoms with E-state index >= 15 is 0 Å². The quantitative estimate of drug-likeness (QED) is 0.700. The maximum Gasteiger partial charge on any atom is 0.200 e. The summed E-state index contributed by atoms with van der Waals surface area (Å²) in [6.45, 7) is 3.84. The van der Waals surface area contributed by atoms with Crippen LogP contribution in [-0.2, 0) is 0 Å². The third-order valence-electron chi connectivity index (χ3n) is 4.21. The highest BCUT2D eigenvalue weighted by Crippen LogP contribution is 2.39. The van der Waals surface area contributed by atoms with Gasteiger partial charge < -0.3 is 19.4 Å². The summed E-state index contributed by atoms with van der Waals surface area (Å²) in [5.74, 6) is 0.518. The van der Waals surface area contributed by atoms with Crippen LogP contribution in [0.4, 0.5) is 0 Å². The van der Waals surface area contributed by atoms with Crippen molar-refractivity contribution in [1.29, 1.82) is 0 Å². The molecule has 25 heavy (non-hydrogen) atoms. The van der Waals surface area contributed by atoms with Gasteiger partial charge in [-0.1, -0.05) is 6.08 Å². The Bertz CT molecular complexity index is 1090. The van der Waals surface area contributed by atoms with E-state index in [1.54, 1.807) is 6.07 Å². The average molecular weight is 336 g/mol. The fraction of sp³-hybridized carbons (Fsp3) is 0.150. The Kier molecular flexibility index (Phi) is 3.15. The predicted molar refractivity (Wildman–Crippen MR) is 95.0 cm³/mol. The molecule has 0 unspecified atom stereocenters. The molecular weight excluding hydrogens is 320 g/mol. The molecule has 2 aromatic carbocycles. The number of hydrogen-bond donors (Lipinski definition) is 2. The van der Waals surface area contributed by atoms with E-state index in [0.717, 1.165) is 5.56 Å². The summed E-state index contributed by atoms with van der Waals surface area (Å²) >= 11 is 0. The van der Waals surface area contributed by atoms with E-state index in [2.05, 4.69) is 0 Å². The number of hydrogen-bond acceptors (Lipinski definition) is 5. The number of fused-ring (bicyclic) bond motifs is 2. The van der Waals surface area contributed by atoms with Gasteiger partial charge in [0, 0.05) is 23.3 Å². The third-order valence-corrected chi connectivity index (χ3v) is 4.21. The minimum atomic E-state index is -0.453. The Morgan fingerprint density at radius 2 is 1.84 bits per heavy atom. The summed E-state index contributed by atoms with van der Waals surface area (Å²) < 4.78 is 11.3. The van der Waals surface area contributed by atoms with Gasteiger partial charge in [0.15, 0.2) is 0 Å². The minimum Gasteiger partial charge on any atom is -0.508 e. The number of benzene rings is 2. The molecule has 126 valence electrons. The Hall–Kier alpha value is -3.21. The Balaban J connectivity index is 1.91. The second-order valence-electron chi connectivity index (χ2n) is 6.60. The highest BCUT2D eigenvalue weighted by Gasteiger charge is 2.24. The van der Waals surface area contributed by atoms with Crippen LogP contribution >= 0.6 is 0 Å². The van der Waals surface area contributed by atoms with Crippen molar-refractivity contribution in [3.8, 4) is 28.4 Å². The molecule has 3 aromatic rings. The average Bonchev–Trinajstić information content (AvgIpc) is 2.54. The van der Waals surface area contributed by atoms with Gasteiger partial charge in [-0.3, -0.25) is 4.79 Å². The molecule has 0 fully saturated rings. The van der Waals surface area contributed by atoms with Crippen LogP contribution in [0.25, 0.3) is 28.2 Å². The molecule has 5 nitrogen and oxygen atoms in total. The lowest BCUT2D eigenvalue weighted by atomic mass is 9.97. The van der Waals surface area contributed by atoms with Gasteiger partial charge in [0.2, 0.25) is 5.43 Å². The van der Waals surface area contributed by atoms with Gasteiger partial charge in [0.25, 0.3) is 0 Å². The van der Waals surface area contributed by atoms with Gasteiger partial charge in [0.05, 0.1) is 10.9 Å². The van der Waals surface area contributed by atoms with E-state index in [-0.39, 0.29) is 28.1 Å². The predicted octanol–water partition coefficient (Wildman–Crippen LogP) is 4.06. The number of phenolic OH excluding ortho intramolecular Hbond substituents is 2. The van der Waals surface area contributed by atoms with Crippen LogP contribution in [0, 0.1) is 0 Å². The van der Waals surface area contributed by atoms with Gasteiger partial charge >= 0.3 is 0 Å². The van der Waals surface area contributed by atoms with Crippen molar-refractivity contribution in [3.63, 3.8) is 0 Å².